The molecule has 0 aliphatic heterocycles. The van der Waals surface area contributed by atoms with Crippen molar-refractivity contribution >= 4 is 35.4 Å². The summed E-state index contributed by atoms with van der Waals surface area (Å²) in [7, 11) is 0. The molecule has 3 N–H and O–H groups in total. The Bertz CT molecular complexity index is 607. The van der Waals surface area contributed by atoms with Crippen molar-refractivity contribution in [2.24, 2.45) is 5.92 Å². The SMILES string of the molecule is CC(=O)N[C@@H](CSCC(CC(=O)O)C(=O)c1cccnc1)C(=O)O. The van der Waals surface area contributed by atoms with Crippen LogP contribution in [0.1, 0.15) is 23.7 Å². The Morgan fingerprint density at radius 2 is 1.96 bits per heavy atom. The summed E-state index contributed by atoms with van der Waals surface area (Å²) in [5.41, 5.74) is 0.306. The summed E-state index contributed by atoms with van der Waals surface area (Å²) >= 11 is 1.10. The molecule has 9 heteroatoms. The van der Waals surface area contributed by atoms with E-state index in [1.165, 1.54) is 19.3 Å². The highest BCUT2D eigenvalue weighted by Gasteiger charge is 2.25. The molecule has 1 aromatic heterocycles. The van der Waals surface area contributed by atoms with Gasteiger partial charge in [-0.1, -0.05) is 0 Å². The van der Waals surface area contributed by atoms with Crippen LogP contribution >= 0.6 is 11.8 Å². The topological polar surface area (TPSA) is 134 Å². The molecule has 1 unspecified atom stereocenters. The van der Waals surface area contributed by atoms with Crippen molar-refractivity contribution in [3.8, 4) is 0 Å². The van der Waals surface area contributed by atoms with E-state index < -0.39 is 29.8 Å². The molecule has 1 amide bonds. The molecule has 0 spiro atoms. The van der Waals surface area contributed by atoms with E-state index >= 15 is 0 Å². The summed E-state index contributed by atoms with van der Waals surface area (Å²) in [4.78, 5) is 49.2. The summed E-state index contributed by atoms with van der Waals surface area (Å²) in [6.07, 6.45) is 2.50. The zero-order valence-corrected chi connectivity index (χ0v) is 13.8. The number of nitrogens with zero attached hydrogens (tertiary/aromatic N) is 1. The maximum absolute atomic E-state index is 12.4. The van der Waals surface area contributed by atoms with E-state index in [2.05, 4.69) is 10.3 Å². The van der Waals surface area contributed by atoms with Gasteiger partial charge in [0.15, 0.2) is 5.78 Å². The molecular formula is C15H18N2O6S. The predicted molar refractivity (Wildman–Crippen MR) is 86.9 cm³/mol. The lowest BCUT2D eigenvalue weighted by Gasteiger charge is -2.16. The molecule has 0 aliphatic carbocycles. The van der Waals surface area contributed by atoms with Crippen molar-refractivity contribution in [1.29, 1.82) is 0 Å². The van der Waals surface area contributed by atoms with Gasteiger partial charge in [-0.05, 0) is 12.1 Å². The van der Waals surface area contributed by atoms with Gasteiger partial charge in [0.1, 0.15) is 6.04 Å². The van der Waals surface area contributed by atoms with E-state index in [9.17, 15) is 19.2 Å². The number of pyridine rings is 1. The molecule has 2 atom stereocenters. The Morgan fingerprint density at radius 1 is 1.25 bits per heavy atom. The number of carboxylic acids is 2. The number of carbonyl (C=O) groups excluding carboxylic acids is 2. The Balaban J connectivity index is 2.69. The van der Waals surface area contributed by atoms with Gasteiger partial charge in [-0.3, -0.25) is 19.4 Å². The molecule has 1 heterocycles. The Morgan fingerprint density at radius 3 is 2.46 bits per heavy atom. The second-order valence-corrected chi connectivity index (χ2v) is 6.10. The van der Waals surface area contributed by atoms with E-state index in [1.54, 1.807) is 12.1 Å². The minimum Gasteiger partial charge on any atom is -0.481 e. The van der Waals surface area contributed by atoms with Gasteiger partial charge in [0.05, 0.1) is 6.42 Å². The summed E-state index contributed by atoms with van der Waals surface area (Å²) in [6.45, 7) is 1.21. The largest absolute Gasteiger partial charge is 0.481 e. The molecule has 8 nitrogen and oxygen atoms in total. The number of Topliss-reactive ketones (excluding diaryl/α,β-unsaturated/α-hetero) is 1. The van der Waals surface area contributed by atoms with E-state index in [0.29, 0.717) is 5.56 Å². The van der Waals surface area contributed by atoms with Crippen LogP contribution in [-0.2, 0) is 14.4 Å². The third kappa shape index (κ3) is 6.78. The van der Waals surface area contributed by atoms with Gasteiger partial charge in [0, 0.05) is 42.3 Å². The number of nitrogens with one attached hydrogen (secondary N) is 1. The average molecular weight is 354 g/mol. The molecule has 1 rings (SSSR count). The number of carboxylic acid groups (broad SMARTS) is 2. The molecule has 0 fully saturated rings. The molecule has 0 radical (unpaired) electrons. The fraction of sp³-hybridized carbons (Fsp3) is 0.400. The number of rotatable bonds is 10. The van der Waals surface area contributed by atoms with Crippen LogP contribution in [-0.4, -0.2) is 56.4 Å². The Kier molecular flexibility index (Phi) is 7.90. The second kappa shape index (κ2) is 9.66. The number of aromatic nitrogens is 1. The fourth-order valence-corrected chi connectivity index (χ4v) is 3.08. The lowest BCUT2D eigenvalue weighted by Crippen LogP contribution is -2.41. The normalized spacial score (nSPS) is 12.9. The zero-order chi connectivity index (χ0) is 18.1. The molecule has 0 aliphatic rings. The number of thioether (sulfide) groups is 1. The van der Waals surface area contributed by atoms with E-state index in [4.69, 9.17) is 10.2 Å². The molecule has 0 bridgehead atoms. The smallest absolute Gasteiger partial charge is 0.327 e. The van der Waals surface area contributed by atoms with Gasteiger partial charge < -0.3 is 15.5 Å². The van der Waals surface area contributed by atoms with Crippen LogP contribution in [0.2, 0.25) is 0 Å². The van der Waals surface area contributed by atoms with E-state index in [0.717, 1.165) is 11.8 Å². The van der Waals surface area contributed by atoms with Crippen LogP contribution < -0.4 is 5.32 Å². The summed E-state index contributed by atoms with van der Waals surface area (Å²) in [6, 6.07) is 2.04. The van der Waals surface area contributed by atoms with Crippen molar-refractivity contribution < 1.29 is 29.4 Å². The van der Waals surface area contributed by atoms with E-state index in [-0.39, 0.29) is 23.7 Å². The first-order valence-corrected chi connectivity index (χ1v) is 8.20. The van der Waals surface area contributed by atoms with Crippen molar-refractivity contribution in [2.45, 2.75) is 19.4 Å². The lowest BCUT2D eigenvalue weighted by molar-refractivity contribution is -0.140. The van der Waals surface area contributed by atoms with Crippen LogP contribution in [0, 0.1) is 5.92 Å². The maximum Gasteiger partial charge on any atom is 0.327 e. The average Bonchev–Trinajstić information content (AvgIpc) is 2.52. The highest BCUT2D eigenvalue weighted by atomic mass is 32.2. The van der Waals surface area contributed by atoms with Crippen molar-refractivity contribution in [2.75, 3.05) is 11.5 Å². The van der Waals surface area contributed by atoms with Gasteiger partial charge in [0.2, 0.25) is 5.91 Å². The maximum atomic E-state index is 12.4. The second-order valence-electron chi connectivity index (χ2n) is 5.03. The van der Waals surface area contributed by atoms with Gasteiger partial charge in [-0.2, -0.15) is 11.8 Å². The minimum atomic E-state index is -1.19. The van der Waals surface area contributed by atoms with Gasteiger partial charge in [-0.25, -0.2) is 4.79 Å². The third-order valence-corrected chi connectivity index (χ3v) is 4.22. The predicted octanol–water partition coefficient (Wildman–Crippen LogP) is 0.678. The van der Waals surface area contributed by atoms with Gasteiger partial charge in [0.25, 0.3) is 0 Å². The fourth-order valence-electron chi connectivity index (χ4n) is 1.93. The number of hydrogen-bond acceptors (Lipinski definition) is 6. The molecule has 0 aromatic carbocycles. The molecule has 130 valence electrons. The van der Waals surface area contributed by atoms with Crippen LogP contribution in [0.5, 0.6) is 0 Å². The zero-order valence-electron chi connectivity index (χ0n) is 13.0. The molecular weight excluding hydrogens is 336 g/mol. The quantitative estimate of drug-likeness (QED) is 0.522. The van der Waals surface area contributed by atoms with Crippen LogP contribution in [0.25, 0.3) is 0 Å². The molecule has 0 saturated heterocycles. The van der Waals surface area contributed by atoms with E-state index in [1.807, 2.05) is 0 Å². The highest BCUT2D eigenvalue weighted by Crippen LogP contribution is 2.18. The number of aliphatic carboxylic acids is 2. The summed E-state index contributed by atoms with van der Waals surface area (Å²) in [5, 5.41) is 20.3. The first kappa shape index (κ1) is 19.6. The van der Waals surface area contributed by atoms with Crippen molar-refractivity contribution in [3.63, 3.8) is 0 Å². The van der Waals surface area contributed by atoms with Gasteiger partial charge in [-0.15, -0.1) is 0 Å². The number of ketones is 1. The monoisotopic (exact) mass is 354 g/mol. The summed E-state index contributed by atoms with van der Waals surface area (Å²) in [5.74, 6) is -3.78. The van der Waals surface area contributed by atoms with Crippen molar-refractivity contribution in [1.82, 2.24) is 10.3 Å². The molecule has 24 heavy (non-hydrogen) atoms. The molecule has 0 saturated carbocycles. The number of hydrogen-bond donors (Lipinski definition) is 3. The van der Waals surface area contributed by atoms with Crippen LogP contribution in [0.15, 0.2) is 24.5 Å². The molecule has 1 aromatic rings. The Labute approximate surface area is 142 Å². The highest BCUT2D eigenvalue weighted by molar-refractivity contribution is 7.99. The third-order valence-electron chi connectivity index (χ3n) is 3.02. The number of carbonyl (C=O) groups is 4. The first-order chi connectivity index (χ1) is 11.3. The van der Waals surface area contributed by atoms with Crippen molar-refractivity contribution in [3.05, 3.63) is 30.1 Å². The summed E-state index contributed by atoms with van der Waals surface area (Å²) < 4.78 is 0. The first-order valence-electron chi connectivity index (χ1n) is 7.05. The lowest BCUT2D eigenvalue weighted by atomic mass is 9.97. The van der Waals surface area contributed by atoms with Gasteiger partial charge >= 0.3 is 11.9 Å². The van der Waals surface area contributed by atoms with Crippen LogP contribution in [0.4, 0.5) is 0 Å². The Hall–Kier alpha value is -2.42. The number of amides is 1. The van der Waals surface area contributed by atoms with Crippen LogP contribution in [0.3, 0.4) is 0 Å². The standard InChI is InChI=1S/C15H18N2O6S/c1-9(18)17-12(15(22)23)8-24-7-11(5-13(19)20)14(21)10-3-2-4-16-6-10/h2-4,6,11-12H,5,7-8H2,1H3,(H,17,18)(H,19,20)(H,22,23)/t11?,12-/m0/s1. The minimum absolute atomic E-state index is 0.0331.